The number of aliphatic hydroxyl groups is 1. The number of aliphatic hydroxyl groups excluding tert-OH is 1. The predicted octanol–water partition coefficient (Wildman–Crippen LogP) is 4.08. The average Bonchev–Trinajstić information content (AvgIpc) is 2.63. The smallest absolute Gasteiger partial charge is 0.343 e. The van der Waals surface area contributed by atoms with E-state index >= 15 is 0 Å². The largest absolute Gasteiger partial charge is 0.465 e. The number of benzene rings is 1. The molecular weight excluding hydrogens is 344 g/mol. The van der Waals surface area contributed by atoms with Crippen LogP contribution in [-0.2, 0) is 4.74 Å². The van der Waals surface area contributed by atoms with E-state index in [1.807, 2.05) is 46.8 Å². The number of nitrogens with one attached hydrogen (secondary N) is 1. The molecule has 1 aromatic carbocycles. The molecule has 27 heavy (non-hydrogen) atoms. The van der Waals surface area contributed by atoms with Crippen molar-refractivity contribution >= 4 is 11.7 Å². The number of carbonyl (C=O) groups excluding carboxylic acids is 1. The molecule has 6 heteroatoms. The van der Waals surface area contributed by atoms with Crippen molar-refractivity contribution in [3.63, 3.8) is 0 Å². The average molecular weight is 372 g/mol. The lowest BCUT2D eigenvalue weighted by Crippen LogP contribution is -2.23. The van der Waals surface area contributed by atoms with Gasteiger partial charge in [-0.2, -0.15) is 0 Å². The minimum Gasteiger partial charge on any atom is -0.465 e. The van der Waals surface area contributed by atoms with Crippen LogP contribution < -0.4 is 10.1 Å². The Balaban J connectivity index is 2.50. The van der Waals surface area contributed by atoms with Crippen molar-refractivity contribution in [2.45, 2.75) is 47.1 Å². The maximum absolute atomic E-state index is 12.3. The summed E-state index contributed by atoms with van der Waals surface area (Å²) in [7, 11) is 1.32. The molecule has 0 radical (unpaired) electrons. The van der Waals surface area contributed by atoms with E-state index in [4.69, 9.17) is 9.47 Å². The molecule has 6 nitrogen and oxygen atoms in total. The summed E-state index contributed by atoms with van der Waals surface area (Å²) < 4.78 is 11.0. The van der Waals surface area contributed by atoms with Gasteiger partial charge in [-0.3, -0.25) is 0 Å². The molecule has 0 saturated carbocycles. The van der Waals surface area contributed by atoms with E-state index in [-0.39, 0.29) is 24.1 Å². The first-order valence-electron chi connectivity index (χ1n) is 9.03. The molecule has 2 rings (SSSR count). The molecule has 0 aliphatic heterocycles. The Kier molecular flexibility index (Phi) is 6.80. The first kappa shape index (κ1) is 20.7. The van der Waals surface area contributed by atoms with Crippen molar-refractivity contribution < 1.29 is 19.4 Å². The Morgan fingerprint density at radius 1 is 1.19 bits per heavy atom. The van der Waals surface area contributed by atoms with Gasteiger partial charge in [0.25, 0.3) is 0 Å². The molecule has 0 aliphatic rings. The van der Waals surface area contributed by atoms with Gasteiger partial charge >= 0.3 is 5.97 Å². The van der Waals surface area contributed by atoms with E-state index < -0.39 is 5.97 Å². The van der Waals surface area contributed by atoms with E-state index in [1.165, 1.54) is 7.11 Å². The lowest BCUT2D eigenvalue weighted by molar-refractivity contribution is 0.0597. The van der Waals surface area contributed by atoms with Gasteiger partial charge in [0.2, 0.25) is 5.88 Å². The van der Waals surface area contributed by atoms with Gasteiger partial charge in [0.05, 0.1) is 25.1 Å². The van der Waals surface area contributed by atoms with Crippen LogP contribution in [0.5, 0.6) is 11.6 Å². The van der Waals surface area contributed by atoms with Crippen LogP contribution in [0.1, 0.15) is 46.1 Å². The van der Waals surface area contributed by atoms with E-state index in [9.17, 15) is 9.90 Å². The summed E-state index contributed by atoms with van der Waals surface area (Å²) in [4.78, 5) is 16.8. The number of ether oxygens (including phenoxy) is 2. The van der Waals surface area contributed by atoms with Gasteiger partial charge in [0.15, 0.2) is 0 Å². The molecule has 0 saturated heterocycles. The summed E-state index contributed by atoms with van der Waals surface area (Å²) in [6, 6.07) is 5.59. The minimum atomic E-state index is -0.528. The first-order chi connectivity index (χ1) is 12.8. The van der Waals surface area contributed by atoms with E-state index in [2.05, 4.69) is 10.3 Å². The van der Waals surface area contributed by atoms with Gasteiger partial charge in [-0.05, 0) is 51.3 Å². The van der Waals surface area contributed by atoms with Gasteiger partial charge < -0.3 is 19.9 Å². The standard InChI is InChI=1S/C21H28N2O4/c1-7-16(11-24)23-18-10-17(21(25)26-6)20(22-15(18)5)27-19-13(3)8-12(2)9-14(19)4/h8-10,16,23-24H,7,11H2,1-6H3. The highest BCUT2D eigenvalue weighted by Crippen LogP contribution is 2.33. The van der Waals surface area contributed by atoms with Crippen LogP contribution in [0.25, 0.3) is 0 Å². The molecule has 0 spiro atoms. The second kappa shape index (κ2) is 8.86. The van der Waals surface area contributed by atoms with Crippen molar-refractivity contribution in [1.29, 1.82) is 0 Å². The number of aromatic nitrogens is 1. The number of aryl methyl sites for hydroxylation is 4. The highest BCUT2D eigenvalue weighted by molar-refractivity contribution is 5.93. The number of hydrogen-bond donors (Lipinski definition) is 2. The SMILES string of the molecule is CCC(CO)Nc1cc(C(=O)OC)c(Oc2c(C)cc(C)cc2C)nc1C. The third-order valence-corrected chi connectivity index (χ3v) is 4.46. The fraction of sp³-hybridized carbons (Fsp3) is 0.429. The summed E-state index contributed by atoms with van der Waals surface area (Å²) in [5.41, 5.74) is 4.65. The molecular formula is C21H28N2O4. The monoisotopic (exact) mass is 372 g/mol. The summed E-state index contributed by atoms with van der Waals surface area (Å²) in [5, 5.41) is 12.6. The van der Waals surface area contributed by atoms with Crippen LogP contribution in [-0.4, -0.2) is 35.8 Å². The highest BCUT2D eigenvalue weighted by atomic mass is 16.5. The van der Waals surface area contributed by atoms with Crippen LogP contribution in [0.3, 0.4) is 0 Å². The van der Waals surface area contributed by atoms with Gasteiger partial charge in [-0.1, -0.05) is 24.6 Å². The van der Waals surface area contributed by atoms with Crippen molar-refractivity contribution in [1.82, 2.24) is 4.98 Å². The van der Waals surface area contributed by atoms with Gasteiger partial charge in [0.1, 0.15) is 11.3 Å². The maximum Gasteiger partial charge on any atom is 0.343 e. The molecule has 1 heterocycles. The van der Waals surface area contributed by atoms with E-state index in [1.54, 1.807) is 6.07 Å². The molecule has 2 N–H and O–H groups in total. The van der Waals surface area contributed by atoms with Gasteiger partial charge in [-0.15, -0.1) is 0 Å². The zero-order chi connectivity index (χ0) is 20.1. The summed E-state index contributed by atoms with van der Waals surface area (Å²) in [6.45, 7) is 9.74. The number of hydrogen-bond acceptors (Lipinski definition) is 6. The fourth-order valence-corrected chi connectivity index (χ4v) is 2.98. The van der Waals surface area contributed by atoms with Crippen LogP contribution in [0.15, 0.2) is 18.2 Å². The fourth-order valence-electron chi connectivity index (χ4n) is 2.98. The molecule has 2 aromatic rings. The molecule has 0 aliphatic carbocycles. The topological polar surface area (TPSA) is 80.7 Å². The molecule has 0 fully saturated rings. The third kappa shape index (κ3) is 4.77. The second-order valence-corrected chi connectivity index (χ2v) is 6.73. The number of methoxy groups -OCH3 is 1. The molecule has 0 bridgehead atoms. The Morgan fingerprint density at radius 3 is 2.33 bits per heavy atom. The Hall–Kier alpha value is -2.60. The summed E-state index contributed by atoms with van der Waals surface area (Å²) in [5.74, 6) is 0.358. The van der Waals surface area contributed by atoms with Crippen LogP contribution in [0, 0.1) is 27.7 Å². The quantitative estimate of drug-likeness (QED) is 0.713. The first-order valence-corrected chi connectivity index (χ1v) is 9.03. The molecule has 1 unspecified atom stereocenters. The Morgan fingerprint density at radius 2 is 1.81 bits per heavy atom. The third-order valence-electron chi connectivity index (χ3n) is 4.46. The normalized spacial score (nSPS) is 11.8. The van der Waals surface area contributed by atoms with Gasteiger partial charge in [0, 0.05) is 6.04 Å². The van der Waals surface area contributed by atoms with E-state index in [0.717, 1.165) is 23.1 Å². The summed E-state index contributed by atoms with van der Waals surface area (Å²) in [6.07, 6.45) is 0.740. The van der Waals surface area contributed by atoms with Crippen LogP contribution in [0.4, 0.5) is 5.69 Å². The lowest BCUT2D eigenvalue weighted by Gasteiger charge is -2.20. The van der Waals surface area contributed by atoms with Crippen molar-refractivity contribution in [2.24, 2.45) is 0 Å². The number of nitrogens with zero attached hydrogens (tertiary/aromatic N) is 1. The van der Waals surface area contributed by atoms with Crippen LogP contribution >= 0.6 is 0 Å². The van der Waals surface area contributed by atoms with Crippen molar-refractivity contribution in [2.75, 3.05) is 19.0 Å². The Bertz CT molecular complexity index is 806. The lowest BCUT2D eigenvalue weighted by atomic mass is 10.1. The van der Waals surface area contributed by atoms with Crippen molar-refractivity contribution in [3.05, 3.63) is 46.1 Å². The zero-order valence-electron chi connectivity index (χ0n) is 16.8. The van der Waals surface area contributed by atoms with E-state index in [0.29, 0.717) is 17.1 Å². The number of pyridine rings is 1. The summed E-state index contributed by atoms with van der Waals surface area (Å²) >= 11 is 0. The van der Waals surface area contributed by atoms with Crippen molar-refractivity contribution in [3.8, 4) is 11.6 Å². The van der Waals surface area contributed by atoms with Gasteiger partial charge in [-0.25, -0.2) is 9.78 Å². The number of rotatable bonds is 7. The van der Waals surface area contributed by atoms with Crippen LogP contribution in [0.2, 0.25) is 0 Å². The predicted molar refractivity (Wildman–Crippen MR) is 106 cm³/mol. The number of carbonyl (C=O) groups is 1. The molecule has 146 valence electrons. The zero-order valence-corrected chi connectivity index (χ0v) is 16.8. The molecule has 1 atom stereocenters. The number of esters is 1. The second-order valence-electron chi connectivity index (χ2n) is 6.73. The molecule has 0 amide bonds. The highest BCUT2D eigenvalue weighted by Gasteiger charge is 2.21. The Labute approximate surface area is 160 Å². The molecule has 1 aromatic heterocycles. The minimum absolute atomic E-state index is 0.0104. The maximum atomic E-state index is 12.3. The number of anilines is 1.